The molecule has 29 heavy (non-hydrogen) atoms. The summed E-state index contributed by atoms with van der Waals surface area (Å²) in [6.07, 6.45) is 2.00. The Balaban J connectivity index is 1.77. The average molecular weight is 410 g/mol. The summed E-state index contributed by atoms with van der Waals surface area (Å²) in [7, 11) is 0. The summed E-state index contributed by atoms with van der Waals surface area (Å²) in [5, 5.41) is 12.7. The van der Waals surface area contributed by atoms with E-state index < -0.39 is 5.82 Å². The van der Waals surface area contributed by atoms with Gasteiger partial charge in [-0.3, -0.25) is 9.36 Å². The second-order valence-corrected chi connectivity index (χ2v) is 7.41. The van der Waals surface area contributed by atoms with E-state index in [-0.39, 0.29) is 11.2 Å². The van der Waals surface area contributed by atoms with Crippen LogP contribution in [0.25, 0.3) is 16.6 Å². The van der Waals surface area contributed by atoms with Crippen LogP contribution in [-0.4, -0.2) is 29.8 Å². The maximum Gasteiger partial charge on any atom is 0.266 e. The van der Waals surface area contributed by atoms with E-state index in [2.05, 4.69) is 27.4 Å². The summed E-state index contributed by atoms with van der Waals surface area (Å²) in [5.41, 5.74) is 0.427. The summed E-state index contributed by atoms with van der Waals surface area (Å²) in [4.78, 5) is 17.8. The number of hydrogen-bond donors (Lipinski definition) is 0. The molecule has 0 saturated carbocycles. The number of benzene rings is 2. The molecule has 148 valence electrons. The molecule has 2 aromatic carbocycles. The molecule has 0 amide bonds. The van der Waals surface area contributed by atoms with E-state index in [4.69, 9.17) is 0 Å². The number of nitrogens with zero attached hydrogens (tertiary/aromatic N) is 6. The zero-order valence-corrected chi connectivity index (χ0v) is 16.6. The van der Waals surface area contributed by atoms with E-state index in [9.17, 15) is 9.18 Å². The highest BCUT2D eigenvalue weighted by Crippen LogP contribution is 2.25. The SMILES string of the molecule is CCCCn1nnnc1CSc1nc2ccccc2c(=O)n1-c1ccccc1F. The van der Waals surface area contributed by atoms with Gasteiger partial charge in [0.1, 0.15) is 5.82 Å². The van der Waals surface area contributed by atoms with Gasteiger partial charge >= 0.3 is 0 Å². The van der Waals surface area contributed by atoms with Crippen LogP contribution >= 0.6 is 11.8 Å². The lowest BCUT2D eigenvalue weighted by Gasteiger charge is -2.13. The molecule has 0 unspecified atom stereocenters. The maximum absolute atomic E-state index is 14.5. The Morgan fingerprint density at radius 3 is 2.72 bits per heavy atom. The lowest BCUT2D eigenvalue weighted by atomic mass is 10.2. The second-order valence-electron chi connectivity index (χ2n) is 6.46. The van der Waals surface area contributed by atoms with Crippen molar-refractivity contribution in [1.29, 1.82) is 0 Å². The van der Waals surface area contributed by atoms with Crippen molar-refractivity contribution in [2.75, 3.05) is 0 Å². The molecule has 0 spiro atoms. The van der Waals surface area contributed by atoms with Gasteiger partial charge in [0.15, 0.2) is 11.0 Å². The highest BCUT2D eigenvalue weighted by atomic mass is 32.2. The van der Waals surface area contributed by atoms with Crippen LogP contribution in [0.3, 0.4) is 0 Å². The van der Waals surface area contributed by atoms with Gasteiger partial charge in [-0.05, 0) is 41.1 Å². The number of aromatic nitrogens is 6. The molecule has 4 aromatic rings. The predicted octanol–water partition coefficient (Wildman–Crippen LogP) is 3.60. The van der Waals surface area contributed by atoms with Crippen LogP contribution in [0.4, 0.5) is 4.39 Å². The van der Waals surface area contributed by atoms with Gasteiger partial charge < -0.3 is 0 Å². The number of rotatable bonds is 7. The highest BCUT2D eigenvalue weighted by molar-refractivity contribution is 7.98. The zero-order valence-electron chi connectivity index (χ0n) is 15.8. The first-order chi connectivity index (χ1) is 14.2. The number of thioether (sulfide) groups is 1. The van der Waals surface area contributed by atoms with Crippen LogP contribution in [0.1, 0.15) is 25.6 Å². The molecule has 0 aliphatic heterocycles. The van der Waals surface area contributed by atoms with Crippen molar-refractivity contribution >= 4 is 22.7 Å². The summed E-state index contributed by atoms with van der Waals surface area (Å²) in [5.74, 6) is 0.614. The van der Waals surface area contributed by atoms with E-state index in [1.54, 1.807) is 41.1 Å². The fraction of sp³-hybridized carbons (Fsp3) is 0.250. The van der Waals surface area contributed by atoms with Crippen molar-refractivity contribution < 1.29 is 4.39 Å². The predicted molar refractivity (Wildman–Crippen MR) is 110 cm³/mol. The van der Waals surface area contributed by atoms with E-state index in [1.165, 1.54) is 22.4 Å². The third-order valence-electron chi connectivity index (χ3n) is 4.50. The van der Waals surface area contributed by atoms with Gasteiger partial charge in [-0.15, -0.1) is 5.10 Å². The Hall–Kier alpha value is -3.07. The van der Waals surface area contributed by atoms with Crippen LogP contribution in [0.2, 0.25) is 0 Å². The topological polar surface area (TPSA) is 78.5 Å². The molecule has 0 radical (unpaired) electrons. The number of hydrogen-bond acceptors (Lipinski definition) is 6. The van der Waals surface area contributed by atoms with Crippen molar-refractivity contribution in [3.8, 4) is 5.69 Å². The van der Waals surface area contributed by atoms with Crippen molar-refractivity contribution in [3.63, 3.8) is 0 Å². The molecule has 0 N–H and O–H groups in total. The van der Waals surface area contributed by atoms with Gasteiger partial charge in [-0.1, -0.05) is 49.4 Å². The molecule has 2 aromatic heterocycles. The number of halogens is 1. The zero-order chi connectivity index (χ0) is 20.2. The number of tetrazole rings is 1. The standard InChI is InChI=1S/C20H19FN6OS/c1-2-3-12-26-18(23-24-25-26)13-29-20-22-16-10-6-4-8-14(16)19(28)27(20)17-11-7-5-9-15(17)21/h4-11H,2-3,12-13H2,1H3. The summed E-state index contributed by atoms with van der Waals surface area (Å²) >= 11 is 1.31. The molecule has 7 nitrogen and oxygen atoms in total. The first-order valence-corrected chi connectivity index (χ1v) is 10.3. The van der Waals surface area contributed by atoms with Gasteiger partial charge in [0, 0.05) is 6.54 Å². The van der Waals surface area contributed by atoms with Crippen molar-refractivity contribution in [1.82, 2.24) is 29.8 Å². The monoisotopic (exact) mass is 410 g/mol. The third-order valence-corrected chi connectivity index (χ3v) is 5.43. The van der Waals surface area contributed by atoms with Crippen LogP contribution < -0.4 is 5.56 Å². The normalized spacial score (nSPS) is 11.2. The largest absolute Gasteiger partial charge is 0.268 e. The van der Waals surface area contributed by atoms with Gasteiger partial charge in [0.05, 0.1) is 22.3 Å². The van der Waals surface area contributed by atoms with Gasteiger partial charge in [0.2, 0.25) is 0 Å². The number of fused-ring (bicyclic) bond motifs is 1. The number of unbranched alkanes of at least 4 members (excludes halogenated alkanes) is 1. The fourth-order valence-electron chi connectivity index (χ4n) is 2.99. The molecular weight excluding hydrogens is 391 g/mol. The van der Waals surface area contributed by atoms with E-state index in [1.807, 2.05) is 6.07 Å². The minimum Gasteiger partial charge on any atom is -0.268 e. The molecule has 0 fully saturated rings. The second kappa shape index (κ2) is 8.52. The molecule has 2 heterocycles. The quantitative estimate of drug-likeness (QED) is 0.342. The summed E-state index contributed by atoms with van der Waals surface area (Å²) in [6, 6.07) is 13.2. The van der Waals surface area contributed by atoms with Gasteiger partial charge in [0.25, 0.3) is 5.56 Å². The smallest absolute Gasteiger partial charge is 0.266 e. The van der Waals surface area contributed by atoms with Crippen LogP contribution in [-0.2, 0) is 12.3 Å². The van der Waals surface area contributed by atoms with Crippen molar-refractivity contribution in [2.24, 2.45) is 0 Å². The average Bonchev–Trinajstić information content (AvgIpc) is 3.19. The molecule has 0 saturated heterocycles. The Bertz CT molecular complexity index is 1210. The molecule has 0 aliphatic rings. The Morgan fingerprint density at radius 1 is 1.10 bits per heavy atom. The molecule has 9 heteroatoms. The Kier molecular flexibility index (Phi) is 5.66. The van der Waals surface area contributed by atoms with Crippen LogP contribution in [0.15, 0.2) is 58.5 Å². The van der Waals surface area contributed by atoms with Crippen molar-refractivity contribution in [3.05, 3.63) is 70.5 Å². The summed E-state index contributed by atoms with van der Waals surface area (Å²) in [6.45, 7) is 2.83. The Labute approximate surface area is 170 Å². The van der Waals surface area contributed by atoms with E-state index >= 15 is 0 Å². The maximum atomic E-state index is 14.5. The third kappa shape index (κ3) is 3.91. The molecule has 0 bridgehead atoms. The van der Waals surface area contributed by atoms with Crippen molar-refractivity contribution in [2.45, 2.75) is 37.2 Å². The Morgan fingerprint density at radius 2 is 1.90 bits per heavy atom. The molecule has 0 aliphatic carbocycles. The van der Waals surface area contributed by atoms with E-state index in [0.717, 1.165) is 19.4 Å². The number of aryl methyl sites for hydroxylation is 1. The van der Waals surface area contributed by atoms with Gasteiger partial charge in [-0.25, -0.2) is 14.1 Å². The summed E-state index contributed by atoms with van der Waals surface area (Å²) < 4.78 is 17.6. The van der Waals surface area contributed by atoms with Crippen LogP contribution in [0.5, 0.6) is 0 Å². The van der Waals surface area contributed by atoms with Crippen LogP contribution in [0, 0.1) is 5.82 Å². The van der Waals surface area contributed by atoms with Gasteiger partial charge in [-0.2, -0.15) is 0 Å². The van der Waals surface area contributed by atoms with E-state index in [0.29, 0.717) is 27.6 Å². The molecular formula is C20H19FN6OS. The molecule has 4 rings (SSSR count). The molecule has 0 atom stereocenters. The lowest BCUT2D eigenvalue weighted by Crippen LogP contribution is -2.22. The number of para-hydroxylation sites is 2. The minimum atomic E-state index is -0.485. The lowest BCUT2D eigenvalue weighted by molar-refractivity contribution is 0.540. The first-order valence-electron chi connectivity index (χ1n) is 9.33. The first kappa shape index (κ1) is 19.3. The minimum absolute atomic E-state index is 0.170. The highest BCUT2D eigenvalue weighted by Gasteiger charge is 2.17. The fourth-order valence-corrected chi connectivity index (χ4v) is 3.93.